The molecule has 4 heterocycles. The SMILES string of the molecule is COC(=O)N[C@@H]1C[C@@]23CCO[C@H]4[C@@H]2[C@H](C(=O)N4c2ccc(C#N)c(C(F)(F)F)c2)[C@]1(C)O3. The smallest absolute Gasteiger partial charge is 0.417 e. The minimum atomic E-state index is -4.75. The van der Waals surface area contributed by atoms with Gasteiger partial charge in [0.05, 0.1) is 54.1 Å². The maximum atomic E-state index is 13.6. The van der Waals surface area contributed by atoms with Crippen LogP contribution in [0.4, 0.5) is 23.7 Å². The summed E-state index contributed by atoms with van der Waals surface area (Å²) in [5.41, 5.74) is -3.41. The minimum Gasteiger partial charge on any atom is -0.453 e. The first-order valence-electron chi connectivity index (χ1n) is 10.2. The van der Waals surface area contributed by atoms with Gasteiger partial charge in [-0.2, -0.15) is 18.4 Å². The molecule has 0 unspecified atom stereocenters. The van der Waals surface area contributed by atoms with Gasteiger partial charge in [-0.15, -0.1) is 0 Å². The minimum absolute atomic E-state index is 0.0123. The molecular formula is C21H20F3N3O5. The van der Waals surface area contributed by atoms with E-state index in [-0.39, 0.29) is 12.3 Å². The van der Waals surface area contributed by atoms with E-state index in [0.717, 1.165) is 12.1 Å². The number of benzene rings is 1. The molecule has 0 aliphatic carbocycles. The van der Waals surface area contributed by atoms with Gasteiger partial charge in [0.15, 0.2) is 0 Å². The van der Waals surface area contributed by atoms with Crippen molar-refractivity contribution in [2.75, 3.05) is 18.6 Å². The molecule has 2 amide bonds. The van der Waals surface area contributed by atoms with E-state index < -0.39 is 64.6 Å². The Labute approximate surface area is 181 Å². The standard InChI is InChI=1S/C21H20F3N3O5/c1-19-13(26-18(29)30-2)8-20(32-19)5-6-31-17-15(20)14(19)16(28)27(17)11-4-3-10(9-25)12(7-11)21(22,23)24/h3-4,7,13-15,17H,5-6,8H2,1-2H3,(H,26,29)/t13-,14-,15+,17+,19-,20+/m1/s1. The van der Waals surface area contributed by atoms with Gasteiger partial charge in [0.1, 0.15) is 6.23 Å². The summed E-state index contributed by atoms with van der Waals surface area (Å²) >= 11 is 0. The number of amides is 2. The summed E-state index contributed by atoms with van der Waals surface area (Å²) in [5, 5.41) is 11.8. The molecule has 1 spiro atoms. The number of nitrogens with zero attached hydrogens (tertiary/aromatic N) is 2. The molecule has 32 heavy (non-hydrogen) atoms. The summed E-state index contributed by atoms with van der Waals surface area (Å²) in [6.07, 6.45) is -5.24. The molecule has 0 radical (unpaired) electrons. The number of rotatable bonds is 2. The normalized spacial score (nSPS) is 37.2. The van der Waals surface area contributed by atoms with Gasteiger partial charge in [0.2, 0.25) is 5.91 Å². The number of hydrogen-bond donors (Lipinski definition) is 1. The van der Waals surface area contributed by atoms with Gasteiger partial charge in [0, 0.05) is 24.4 Å². The van der Waals surface area contributed by atoms with Crippen molar-refractivity contribution in [2.24, 2.45) is 11.8 Å². The Kier molecular flexibility index (Phi) is 4.33. The Morgan fingerprint density at radius 3 is 2.81 bits per heavy atom. The van der Waals surface area contributed by atoms with Gasteiger partial charge in [-0.25, -0.2) is 4.79 Å². The maximum Gasteiger partial charge on any atom is 0.417 e. The largest absolute Gasteiger partial charge is 0.453 e. The van der Waals surface area contributed by atoms with Crippen molar-refractivity contribution in [2.45, 2.75) is 49.4 Å². The van der Waals surface area contributed by atoms with E-state index in [9.17, 15) is 22.8 Å². The molecule has 4 fully saturated rings. The van der Waals surface area contributed by atoms with Crippen LogP contribution in [0.2, 0.25) is 0 Å². The molecule has 5 rings (SSSR count). The van der Waals surface area contributed by atoms with Gasteiger partial charge in [0.25, 0.3) is 0 Å². The van der Waals surface area contributed by atoms with E-state index in [0.29, 0.717) is 12.8 Å². The number of anilines is 1. The second kappa shape index (κ2) is 6.59. The third-order valence-electron chi connectivity index (χ3n) is 7.31. The highest BCUT2D eigenvalue weighted by atomic mass is 19.4. The van der Waals surface area contributed by atoms with Crippen LogP contribution in [0.1, 0.15) is 30.9 Å². The average Bonchev–Trinajstić information content (AvgIpc) is 3.30. The molecular weight excluding hydrogens is 431 g/mol. The number of ether oxygens (including phenoxy) is 3. The summed E-state index contributed by atoms with van der Waals surface area (Å²) in [5.74, 6) is -1.54. The van der Waals surface area contributed by atoms with E-state index in [4.69, 9.17) is 19.5 Å². The summed E-state index contributed by atoms with van der Waals surface area (Å²) in [6.45, 7) is 1.99. The second-order valence-electron chi connectivity index (χ2n) is 8.81. The molecule has 170 valence electrons. The number of nitrogens with one attached hydrogen (secondary N) is 1. The zero-order valence-electron chi connectivity index (χ0n) is 17.2. The zero-order valence-corrected chi connectivity index (χ0v) is 17.2. The Morgan fingerprint density at radius 2 is 2.16 bits per heavy atom. The molecule has 8 nitrogen and oxygen atoms in total. The van der Waals surface area contributed by atoms with Crippen molar-refractivity contribution in [3.8, 4) is 6.07 Å². The predicted octanol–water partition coefficient (Wildman–Crippen LogP) is 2.56. The zero-order chi connectivity index (χ0) is 23.1. The lowest BCUT2D eigenvalue weighted by Gasteiger charge is -2.42. The van der Waals surface area contributed by atoms with Crippen molar-refractivity contribution >= 4 is 17.7 Å². The number of hydrogen-bond acceptors (Lipinski definition) is 6. The number of alkyl carbamates (subject to hydrolysis) is 1. The lowest BCUT2D eigenvalue weighted by molar-refractivity contribution is -0.141. The number of fused-ring (bicyclic) bond motifs is 2. The number of halogens is 3. The van der Waals surface area contributed by atoms with Gasteiger partial charge in [-0.1, -0.05) is 0 Å². The van der Waals surface area contributed by atoms with E-state index in [1.165, 1.54) is 18.1 Å². The monoisotopic (exact) mass is 451 g/mol. The topological polar surface area (TPSA) is 101 Å². The molecule has 1 aromatic rings. The van der Waals surface area contributed by atoms with Gasteiger partial charge < -0.3 is 19.5 Å². The molecule has 4 aliphatic rings. The molecule has 2 bridgehead atoms. The lowest BCUT2D eigenvalue weighted by atomic mass is 9.64. The van der Waals surface area contributed by atoms with Crippen LogP contribution in [0.5, 0.6) is 0 Å². The average molecular weight is 451 g/mol. The second-order valence-corrected chi connectivity index (χ2v) is 8.81. The Balaban J connectivity index is 1.57. The van der Waals surface area contributed by atoms with Crippen LogP contribution in [0.25, 0.3) is 0 Å². The highest BCUT2D eigenvalue weighted by molar-refractivity contribution is 6.00. The number of carbonyl (C=O) groups is 2. The Morgan fingerprint density at radius 1 is 1.41 bits per heavy atom. The summed E-state index contributed by atoms with van der Waals surface area (Å²) < 4.78 is 57.6. The molecule has 11 heteroatoms. The van der Waals surface area contributed by atoms with Crippen LogP contribution < -0.4 is 10.2 Å². The molecule has 4 aliphatic heterocycles. The van der Waals surface area contributed by atoms with E-state index in [1.807, 2.05) is 0 Å². The molecule has 0 aromatic heterocycles. The first-order chi connectivity index (χ1) is 15.1. The Hall–Kier alpha value is -2.84. The molecule has 1 aromatic carbocycles. The fourth-order valence-electron chi connectivity index (χ4n) is 6.04. The third kappa shape index (κ3) is 2.62. The van der Waals surface area contributed by atoms with Crippen LogP contribution >= 0.6 is 0 Å². The predicted molar refractivity (Wildman–Crippen MR) is 101 cm³/mol. The van der Waals surface area contributed by atoms with E-state index >= 15 is 0 Å². The highest BCUT2D eigenvalue weighted by Gasteiger charge is 2.78. The fourth-order valence-corrected chi connectivity index (χ4v) is 6.04. The quantitative estimate of drug-likeness (QED) is 0.742. The summed E-state index contributed by atoms with van der Waals surface area (Å²) in [6, 6.07) is 4.26. The number of alkyl halides is 3. The molecule has 1 N–H and O–H groups in total. The fraction of sp³-hybridized carbons (Fsp3) is 0.571. The van der Waals surface area contributed by atoms with Crippen LogP contribution in [0.3, 0.4) is 0 Å². The number of carbonyl (C=O) groups excluding carboxylic acids is 2. The first-order valence-corrected chi connectivity index (χ1v) is 10.2. The molecule has 6 atom stereocenters. The van der Waals surface area contributed by atoms with Crippen LogP contribution in [-0.4, -0.2) is 49.2 Å². The van der Waals surface area contributed by atoms with Crippen molar-refractivity contribution in [3.05, 3.63) is 29.3 Å². The number of nitriles is 1. The van der Waals surface area contributed by atoms with E-state index in [2.05, 4.69) is 5.32 Å². The van der Waals surface area contributed by atoms with Gasteiger partial charge in [-0.3, -0.25) is 9.69 Å². The third-order valence-corrected chi connectivity index (χ3v) is 7.31. The maximum absolute atomic E-state index is 13.6. The van der Waals surface area contributed by atoms with Crippen LogP contribution in [-0.2, 0) is 25.2 Å². The highest BCUT2D eigenvalue weighted by Crippen LogP contribution is 2.65. The van der Waals surface area contributed by atoms with Crippen molar-refractivity contribution in [1.29, 1.82) is 5.26 Å². The Bertz CT molecular complexity index is 1060. The molecule has 0 saturated carbocycles. The van der Waals surface area contributed by atoms with E-state index in [1.54, 1.807) is 13.0 Å². The van der Waals surface area contributed by atoms with Crippen molar-refractivity contribution in [1.82, 2.24) is 5.32 Å². The van der Waals surface area contributed by atoms with Crippen molar-refractivity contribution in [3.63, 3.8) is 0 Å². The van der Waals surface area contributed by atoms with Crippen LogP contribution in [0, 0.1) is 23.2 Å². The molecule has 4 saturated heterocycles. The van der Waals surface area contributed by atoms with Crippen molar-refractivity contribution < 1.29 is 37.0 Å². The number of methoxy groups -OCH3 is 1. The first kappa shape index (κ1) is 21.0. The summed E-state index contributed by atoms with van der Waals surface area (Å²) in [4.78, 5) is 26.7. The summed E-state index contributed by atoms with van der Waals surface area (Å²) in [7, 11) is 1.24. The van der Waals surface area contributed by atoms with Gasteiger partial charge in [-0.05, 0) is 25.1 Å². The van der Waals surface area contributed by atoms with Crippen LogP contribution in [0.15, 0.2) is 18.2 Å². The van der Waals surface area contributed by atoms with Gasteiger partial charge >= 0.3 is 12.3 Å². The lowest BCUT2D eigenvalue weighted by Crippen LogP contribution is -2.57.